The van der Waals surface area contributed by atoms with Crippen LogP contribution in [0, 0.1) is 5.92 Å². The van der Waals surface area contributed by atoms with Gasteiger partial charge in [-0.25, -0.2) is 0 Å². The van der Waals surface area contributed by atoms with Gasteiger partial charge in [0.05, 0.1) is 0 Å². The smallest absolute Gasteiger partial charge is 0.217 e. The van der Waals surface area contributed by atoms with E-state index >= 15 is 0 Å². The number of hydrogen-bond acceptors (Lipinski definition) is 2. The predicted octanol–water partition coefficient (Wildman–Crippen LogP) is 2.58. The zero-order chi connectivity index (χ0) is 19.1. The van der Waals surface area contributed by atoms with Crippen LogP contribution in [0.3, 0.4) is 0 Å². The number of nitrogens with two attached hydrogens (primary N) is 1. The number of hydrogen-bond donors (Lipinski definition) is 2. The van der Waals surface area contributed by atoms with Crippen LogP contribution in [0.2, 0.25) is 0 Å². The molecular formula is C21H31N5O. The van der Waals surface area contributed by atoms with Gasteiger partial charge in [0.2, 0.25) is 5.91 Å². The molecule has 0 bridgehead atoms. The van der Waals surface area contributed by atoms with E-state index in [0.29, 0.717) is 12.3 Å². The van der Waals surface area contributed by atoms with Gasteiger partial charge in [-0.1, -0.05) is 18.2 Å². The number of rotatable bonds is 7. The molecule has 0 radical (unpaired) electrons. The number of likely N-dealkylation sites (tertiary alicyclic amines) is 1. The number of fused-ring (bicyclic) bond motifs is 1. The minimum absolute atomic E-state index is 0.206. The number of guanidine groups is 1. The van der Waals surface area contributed by atoms with Gasteiger partial charge in [0.25, 0.3) is 0 Å². The van der Waals surface area contributed by atoms with Crippen molar-refractivity contribution >= 4 is 22.8 Å². The van der Waals surface area contributed by atoms with E-state index in [1.54, 1.807) is 0 Å². The highest BCUT2D eigenvalue weighted by molar-refractivity contribution is 5.81. The quantitative estimate of drug-likeness (QED) is 0.447. The molecule has 6 heteroatoms. The predicted molar refractivity (Wildman–Crippen MR) is 111 cm³/mol. The van der Waals surface area contributed by atoms with Crippen LogP contribution in [0.4, 0.5) is 0 Å². The van der Waals surface area contributed by atoms with Crippen molar-refractivity contribution in [2.24, 2.45) is 16.6 Å². The van der Waals surface area contributed by atoms with Crippen molar-refractivity contribution in [2.75, 3.05) is 26.2 Å². The molecular weight excluding hydrogens is 338 g/mol. The molecule has 1 aromatic heterocycles. The Hall–Kier alpha value is -2.50. The summed E-state index contributed by atoms with van der Waals surface area (Å²) in [6.07, 6.45) is 5.76. The summed E-state index contributed by atoms with van der Waals surface area (Å²) in [5.41, 5.74) is 6.66. The van der Waals surface area contributed by atoms with Crippen molar-refractivity contribution < 1.29 is 4.79 Å². The van der Waals surface area contributed by atoms with Gasteiger partial charge in [0.15, 0.2) is 5.96 Å². The minimum Gasteiger partial charge on any atom is -0.370 e. The van der Waals surface area contributed by atoms with Crippen LogP contribution < -0.4 is 11.1 Å². The van der Waals surface area contributed by atoms with E-state index in [9.17, 15) is 4.79 Å². The van der Waals surface area contributed by atoms with E-state index < -0.39 is 0 Å². The SMILES string of the molecule is CCNC(=NCCCn1ccc2ccccc21)N1CCCC(CC(N)=O)C1. The van der Waals surface area contributed by atoms with E-state index in [1.807, 2.05) is 0 Å². The van der Waals surface area contributed by atoms with Gasteiger partial charge in [0.1, 0.15) is 0 Å². The Balaban J connectivity index is 1.56. The summed E-state index contributed by atoms with van der Waals surface area (Å²) in [4.78, 5) is 18.4. The molecule has 27 heavy (non-hydrogen) atoms. The van der Waals surface area contributed by atoms with Crippen molar-refractivity contribution in [2.45, 2.75) is 39.2 Å². The lowest BCUT2D eigenvalue weighted by atomic mass is 9.95. The molecule has 1 aliphatic heterocycles. The summed E-state index contributed by atoms with van der Waals surface area (Å²) < 4.78 is 2.29. The second-order valence-corrected chi connectivity index (χ2v) is 7.28. The van der Waals surface area contributed by atoms with Gasteiger partial charge in [-0.05, 0) is 49.6 Å². The van der Waals surface area contributed by atoms with Crippen molar-refractivity contribution in [1.29, 1.82) is 0 Å². The lowest BCUT2D eigenvalue weighted by Gasteiger charge is -2.34. The molecule has 6 nitrogen and oxygen atoms in total. The first-order chi connectivity index (χ1) is 13.2. The van der Waals surface area contributed by atoms with Gasteiger partial charge in [-0.3, -0.25) is 9.79 Å². The molecule has 1 aromatic carbocycles. The number of aryl methyl sites for hydroxylation is 1. The molecule has 1 atom stereocenters. The van der Waals surface area contributed by atoms with E-state index in [-0.39, 0.29) is 5.91 Å². The first-order valence-corrected chi connectivity index (χ1v) is 10.0. The molecule has 3 rings (SSSR count). The summed E-state index contributed by atoms with van der Waals surface area (Å²) in [6, 6.07) is 10.6. The number of primary amides is 1. The minimum atomic E-state index is -0.206. The number of nitrogens with zero attached hydrogens (tertiary/aromatic N) is 3. The summed E-state index contributed by atoms with van der Waals surface area (Å²) in [5, 5.41) is 4.68. The van der Waals surface area contributed by atoms with E-state index in [0.717, 1.165) is 57.9 Å². The van der Waals surface area contributed by atoms with E-state index in [1.165, 1.54) is 10.9 Å². The second-order valence-electron chi connectivity index (χ2n) is 7.28. The Morgan fingerprint density at radius 2 is 2.19 bits per heavy atom. The molecule has 1 aliphatic rings. The van der Waals surface area contributed by atoms with Gasteiger partial charge in [-0.15, -0.1) is 0 Å². The van der Waals surface area contributed by atoms with Crippen molar-refractivity contribution in [3.63, 3.8) is 0 Å². The van der Waals surface area contributed by atoms with Gasteiger partial charge < -0.3 is 20.5 Å². The number of para-hydroxylation sites is 1. The van der Waals surface area contributed by atoms with Crippen LogP contribution in [0.1, 0.15) is 32.6 Å². The summed E-state index contributed by atoms with van der Waals surface area (Å²) >= 11 is 0. The molecule has 0 spiro atoms. The van der Waals surface area contributed by atoms with Crippen LogP contribution in [0.5, 0.6) is 0 Å². The fourth-order valence-electron chi connectivity index (χ4n) is 3.90. The van der Waals surface area contributed by atoms with Gasteiger partial charge in [-0.2, -0.15) is 0 Å². The third kappa shape index (κ3) is 5.25. The maximum absolute atomic E-state index is 11.2. The Kier molecular flexibility index (Phi) is 6.74. The first kappa shape index (κ1) is 19.3. The van der Waals surface area contributed by atoms with Crippen LogP contribution >= 0.6 is 0 Å². The summed E-state index contributed by atoms with van der Waals surface area (Å²) in [6.45, 7) is 6.53. The van der Waals surface area contributed by atoms with E-state index in [4.69, 9.17) is 10.7 Å². The number of benzene rings is 1. The number of carbonyl (C=O) groups is 1. The van der Waals surface area contributed by atoms with Crippen molar-refractivity contribution in [3.8, 4) is 0 Å². The molecule has 0 aliphatic carbocycles. The standard InChI is InChI=1S/C21H31N5O/c1-2-23-21(26-12-5-7-17(16-26)15-20(22)27)24-11-6-13-25-14-10-18-8-3-4-9-19(18)25/h3-4,8-10,14,17H,2,5-7,11-13,15-16H2,1H3,(H2,22,27)(H,23,24). The lowest BCUT2D eigenvalue weighted by molar-refractivity contribution is -0.119. The topological polar surface area (TPSA) is 75.7 Å². The summed E-state index contributed by atoms with van der Waals surface area (Å²) in [5.74, 6) is 1.10. The molecule has 1 fully saturated rings. The van der Waals surface area contributed by atoms with Gasteiger partial charge in [0, 0.05) is 50.9 Å². The van der Waals surface area contributed by atoms with Crippen LogP contribution in [-0.2, 0) is 11.3 Å². The second kappa shape index (κ2) is 9.44. The monoisotopic (exact) mass is 369 g/mol. The maximum atomic E-state index is 11.2. The number of nitrogens with one attached hydrogen (secondary N) is 1. The fraction of sp³-hybridized carbons (Fsp3) is 0.524. The number of aromatic nitrogens is 1. The third-order valence-corrected chi connectivity index (χ3v) is 5.14. The molecule has 0 saturated carbocycles. The normalized spacial score (nSPS) is 18.0. The number of piperidine rings is 1. The largest absolute Gasteiger partial charge is 0.370 e. The van der Waals surface area contributed by atoms with Gasteiger partial charge >= 0.3 is 0 Å². The molecule has 2 heterocycles. The number of carbonyl (C=O) groups excluding carboxylic acids is 1. The van der Waals surface area contributed by atoms with Crippen LogP contribution in [0.15, 0.2) is 41.5 Å². The molecule has 2 aromatic rings. The zero-order valence-corrected chi connectivity index (χ0v) is 16.2. The highest BCUT2D eigenvalue weighted by atomic mass is 16.1. The first-order valence-electron chi connectivity index (χ1n) is 10.0. The third-order valence-electron chi connectivity index (χ3n) is 5.14. The average molecular weight is 370 g/mol. The molecule has 146 valence electrons. The molecule has 3 N–H and O–H groups in total. The maximum Gasteiger partial charge on any atom is 0.217 e. The molecule has 1 unspecified atom stereocenters. The Bertz CT molecular complexity index is 782. The zero-order valence-electron chi connectivity index (χ0n) is 16.2. The van der Waals surface area contributed by atoms with Crippen molar-refractivity contribution in [1.82, 2.24) is 14.8 Å². The number of amides is 1. The molecule has 1 amide bonds. The molecule has 1 saturated heterocycles. The van der Waals surface area contributed by atoms with Crippen LogP contribution in [-0.4, -0.2) is 47.5 Å². The lowest BCUT2D eigenvalue weighted by Crippen LogP contribution is -2.47. The Labute approximate surface area is 161 Å². The Morgan fingerprint density at radius 3 is 3.00 bits per heavy atom. The summed E-state index contributed by atoms with van der Waals surface area (Å²) in [7, 11) is 0. The highest BCUT2D eigenvalue weighted by Gasteiger charge is 2.23. The average Bonchev–Trinajstić information content (AvgIpc) is 3.07. The number of aliphatic imine (C=N–C) groups is 1. The Morgan fingerprint density at radius 1 is 1.33 bits per heavy atom. The van der Waals surface area contributed by atoms with Crippen LogP contribution in [0.25, 0.3) is 10.9 Å². The fourth-order valence-corrected chi connectivity index (χ4v) is 3.90. The van der Waals surface area contributed by atoms with E-state index in [2.05, 4.69) is 58.2 Å². The van der Waals surface area contributed by atoms with Crippen molar-refractivity contribution in [3.05, 3.63) is 36.5 Å². The highest BCUT2D eigenvalue weighted by Crippen LogP contribution is 2.19.